The van der Waals surface area contributed by atoms with Gasteiger partial charge in [0.05, 0.1) is 22.8 Å². The molecular formula is C63H43N3. The average Bonchev–Trinajstić information content (AvgIpc) is 3.41. The van der Waals surface area contributed by atoms with Crippen molar-refractivity contribution < 1.29 is 0 Å². The van der Waals surface area contributed by atoms with Gasteiger partial charge in [-0.15, -0.1) is 0 Å². The molecule has 0 aliphatic rings. The molecule has 0 saturated carbocycles. The molecule has 0 spiro atoms. The molecule has 0 saturated heterocycles. The van der Waals surface area contributed by atoms with E-state index in [1.165, 1.54) is 5.56 Å². The van der Waals surface area contributed by atoms with Crippen LogP contribution in [0.1, 0.15) is 0 Å². The predicted molar refractivity (Wildman–Crippen MR) is 274 cm³/mol. The van der Waals surface area contributed by atoms with Gasteiger partial charge >= 0.3 is 0 Å². The molecule has 66 heavy (non-hydrogen) atoms. The zero-order chi connectivity index (χ0) is 44.1. The second kappa shape index (κ2) is 18.1. The summed E-state index contributed by atoms with van der Waals surface area (Å²) in [5.41, 5.74) is 19.9. The third kappa shape index (κ3) is 8.14. The minimum Gasteiger partial charge on any atom is -0.246 e. The van der Waals surface area contributed by atoms with Crippen LogP contribution in [-0.4, -0.2) is 15.0 Å². The molecule has 0 aliphatic carbocycles. The molecule has 11 aromatic rings. The molecule has 0 fully saturated rings. The van der Waals surface area contributed by atoms with Gasteiger partial charge in [-0.2, -0.15) is 0 Å². The first-order chi connectivity index (χ1) is 32.7. The van der Waals surface area contributed by atoms with Crippen molar-refractivity contribution in [1.82, 2.24) is 15.0 Å². The summed E-state index contributed by atoms with van der Waals surface area (Å²) >= 11 is 0. The maximum Gasteiger partial charge on any atom is 0.160 e. The van der Waals surface area contributed by atoms with E-state index in [4.69, 9.17) is 15.0 Å². The number of rotatable bonds is 10. The van der Waals surface area contributed by atoms with Crippen LogP contribution in [0.2, 0.25) is 0 Å². The fraction of sp³-hybridized carbons (Fsp3) is 0. The van der Waals surface area contributed by atoms with Crippen LogP contribution in [0.25, 0.3) is 112 Å². The molecule has 310 valence electrons. The fourth-order valence-corrected chi connectivity index (χ4v) is 8.89. The Bertz CT molecular complexity index is 3310. The van der Waals surface area contributed by atoms with Gasteiger partial charge in [0.1, 0.15) is 0 Å². The molecule has 3 heteroatoms. The number of pyridine rings is 1. The van der Waals surface area contributed by atoms with Crippen LogP contribution >= 0.6 is 0 Å². The molecule has 0 atom stereocenters. The number of aromatic nitrogens is 3. The molecule has 9 aromatic carbocycles. The molecule has 2 aromatic heterocycles. The molecule has 0 amide bonds. The largest absolute Gasteiger partial charge is 0.246 e. The van der Waals surface area contributed by atoms with Crippen LogP contribution in [0.5, 0.6) is 0 Å². The van der Waals surface area contributed by atoms with Gasteiger partial charge in [0.25, 0.3) is 0 Å². The van der Waals surface area contributed by atoms with E-state index in [0.717, 1.165) is 101 Å². The lowest BCUT2D eigenvalue weighted by molar-refractivity contribution is 1.18. The quantitative estimate of drug-likeness (QED) is 0.138. The summed E-state index contributed by atoms with van der Waals surface area (Å²) in [7, 11) is 0. The summed E-state index contributed by atoms with van der Waals surface area (Å²) in [5, 5.41) is 0. The third-order valence-corrected chi connectivity index (χ3v) is 12.1. The summed E-state index contributed by atoms with van der Waals surface area (Å²) in [6, 6.07) is 91.7. The minimum absolute atomic E-state index is 0.676. The standard InChI is InChI=1S/C63H43N3/c1-7-21-44(22-8-1)52-33-19-35-54(41-52)57-43-56(46-23-9-2-10-24-46)64-63(65-57)51-39-37-45(38-40-51)53-34-20-36-55(42-53)58-59(47-25-11-3-12-26-47)61(49-29-15-5-16-30-49)66-62(50-31-17-6-18-32-50)60(58)48-27-13-4-14-28-48/h1-43H. The Morgan fingerprint density at radius 2 is 0.515 bits per heavy atom. The van der Waals surface area contributed by atoms with Gasteiger partial charge in [0, 0.05) is 44.5 Å². The number of benzene rings is 9. The van der Waals surface area contributed by atoms with Gasteiger partial charge in [-0.3, -0.25) is 0 Å². The Labute approximate surface area is 386 Å². The third-order valence-electron chi connectivity index (χ3n) is 12.1. The van der Waals surface area contributed by atoms with Crippen molar-refractivity contribution in [1.29, 1.82) is 0 Å². The van der Waals surface area contributed by atoms with Crippen LogP contribution in [0, 0.1) is 0 Å². The van der Waals surface area contributed by atoms with Gasteiger partial charge < -0.3 is 0 Å². The lowest BCUT2D eigenvalue weighted by Crippen LogP contribution is -2.01. The number of hydrogen-bond acceptors (Lipinski definition) is 3. The topological polar surface area (TPSA) is 38.7 Å². The zero-order valence-corrected chi connectivity index (χ0v) is 36.2. The average molecular weight is 842 g/mol. The van der Waals surface area contributed by atoms with E-state index in [-0.39, 0.29) is 0 Å². The summed E-state index contributed by atoms with van der Waals surface area (Å²) in [6.45, 7) is 0. The Hall–Kier alpha value is -8.79. The smallest absolute Gasteiger partial charge is 0.160 e. The van der Waals surface area contributed by atoms with E-state index < -0.39 is 0 Å². The van der Waals surface area contributed by atoms with Crippen molar-refractivity contribution in [3.63, 3.8) is 0 Å². The predicted octanol–water partition coefficient (Wildman–Crippen LogP) is 16.5. The Kier molecular flexibility index (Phi) is 11.0. The second-order valence-electron chi connectivity index (χ2n) is 16.3. The van der Waals surface area contributed by atoms with Gasteiger partial charge in [-0.1, -0.05) is 243 Å². The maximum absolute atomic E-state index is 5.63. The lowest BCUT2D eigenvalue weighted by atomic mass is 9.82. The summed E-state index contributed by atoms with van der Waals surface area (Å²) in [5.74, 6) is 0.676. The fourth-order valence-electron chi connectivity index (χ4n) is 8.89. The molecule has 0 unspecified atom stereocenters. The van der Waals surface area contributed by atoms with Crippen molar-refractivity contribution >= 4 is 0 Å². The number of hydrogen-bond donors (Lipinski definition) is 0. The van der Waals surface area contributed by atoms with E-state index in [2.05, 4.69) is 249 Å². The van der Waals surface area contributed by atoms with E-state index >= 15 is 0 Å². The Morgan fingerprint density at radius 1 is 0.182 bits per heavy atom. The van der Waals surface area contributed by atoms with Crippen LogP contribution in [0.4, 0.5) is 0 Å². The van der Waals surface area contributed by atoms with Crippen molar-refractivity contribution in [2.75, 3.05) is 0 Å². The first-order valence-corrected chi connectivity index (χ1v) is 22.3. The Balaban J connectivity index is 1.06. The van der Waals surface area contributed by atoms with Crippen molar-refractivity contribution in [3.8, 4) is 112 Å². The van der Waals surface area contributed by atoms with E-state index in [0.29, 0.717) is 5.82 Å². The molecule has 2 heterocycles. The minimum atomic E-state index is 0.676. The van der Waals surface area contributed by atoms with Gasteiger partial charge in [0.2, 0.25) is 0 Å². The van der Waals surface area contributed by atoms with Crippen LogP contribution in [0.15, 0.2) is 261 Å². The molecule has 0 N–H and O–H groups in total. The highest BCUT2D eigenvalue weighted by atomic mass is 14.9. The molecule has 0 radical (unpaired) electrons. The molecule has 11 rings (SSSR count). The highest BCUT2D eigenvalue weighted by molar-refractivity contribution is 6.05. The van der Waals surface area contributed by atoms with Gasteiger partial charge in [-0.25, -0.2) is 15.0 Å². The first kappa shape index (κ1) is 40.0. The van der Waals surface area contributed by atoms with E-state index in [9.17, 15) is 0 Å². The monoisotopic (exact) mass is 841 g/mol. The molecule has 3 nitrogen and oxygen atoms in total. The second-order valence-corrected chi connectivity index (χ2v) is 16.3. The SMILES string of the molecule is c1ccc(-c2cccc(-c3cc(-c4ccccc4)nc(-c4ccc(-c5cccc(-c6c(-c7ccccc7)c(-c7ccccc7)nc(-c7ccccc7)c6-c6ccccc6)c5)cc4)n3)c2)cc1. The zero-order valence-electron chi connectivity index (χ0n) is 36.2. The normalized spacial score (nSPS) is 11.0. The van der Waals surface area contributed by atoms with Crippen molar-refractivity contribution in [2.45, 2.75) is 0 Å². The maximum atomic E-state index is 5.63. The number of nitrogens with zero attached hydrogens (tertiary/aromatic N) is 3. The van der Waals surface area contributed by atoms with Gasteiger partial charge in [-0.05, 0) is 57.1 Å². The Morgan fingerprint density at radius 3 is 1.00 bits per heavy atom. The summed E-state index contributed by atoms with van der Waals surface area (Å²) < 4.78 is 0. The van der Waals surface area contributed by atoms with Crippen LogP contribution in [0.3, 0.4) is 0 Å². The van der Waals surface area contributed by atoms with E-state index in [1.807, 2.05) is 12.1 Å². The van der Waals surface area contributed by atoms with E-state index in [1.54, 1.807) is 0 Å². The van der Waals surface area contributed by atoms with Crippen LogP contribution in [-0.2, 0) is 0 Å². The van der Waals surface area contributed by atoms with Crippen molar-refractivity contribution in [2.24, 2.45) is 0 Å². The summed E-state index contributed by atoms with van der Waals surface area (Å²) in [4.78, 5) is 16.0. The molecule has 0 bridgehead atoms. The van der Waals surface area contributed by atoms with Crippen molar-refractivity contribution in [3.05, 3.63) is 261 Å². The van der Waals surface area contributed by atoms with Crippen LogP contribution < -0.4 is 0 Å². The molecular weight excluding hydrogens is 799 g/mol. The lowest BCUT2D eigenvalue weighted by Gasteiger charge is -2.23. The first-order valence-electron chi connectivity index (χ1n) is 22.3. The van der Waals surface area contributed by atoms with Gasteiger partial charge in [0.15, 0.2) is 5.82 Å². The molecule has 0 aliphatic heterocycles. The summed E-state index contributed by atoms with van der Waals surface area (Å²) in [6.07, 6.45) is 0. The highest BCUT2D eigenvalue weighted by Crippen LogP contribution is 2.49. The highest BCUT2D eigenvalue weighted by Gasteiger charge is 2.25.